The Kier molecular flexibility index (Phi) is 5.55. The van der Waals surface area contributed by atoms with E-state index in [-0.39, 0.29) is 6.61 Å². The molecule has 0 spiro atoms. The molecule has 1 aromatic heterocycles. The summed E-state index contributed by atoms with van der Waals surface area (Å²) in [5.74, 6) is 0.521. The Morgan fingerprint density at radius 2 is 2.30 bits per heavy atom. The van der Waals surface area contributed by atoms with Crippen LogP contribution in [0, 0.1) is 0 Å². The topological polar surface area (TPSA) is 39.6 Å². The van der Waals surface area contributed by atoms with Crippen molar-refractivity contribution in [3.05, 3.63) is 16.1 Å². The molecule has 2 rings (SSSR count). The average molecular weight is 297 g/mol. The van der Waals surface area contributed by atoms with Gasteiger partial charge in [0.05, 0.1) is 11.6 Å². The second-order valence-corrected chi connectivity index (χ2v) is 7.24. The lowest BCUT2D eigenvalue weighted by Crippen LogP contribution is -2.42. The quantitative estimate of drug-likeness (QED) is 0.873. The lowest BCUT2D eigenvalue weighted by atomic mass is 10.1. The molecule has 1 N–H and O–H groups in total. The van der Waals surface area contributed by atoms with Gasteiger partial charge in [0.15, 0.2) is 0 Å². The van der Waals surface area contributed by atoms with Crippen LogP contribution in [0.1, 0.15) is 43.0 Å². The fourth-order valence-corrected chi connectivity index (χ4v) is 3.93. The Labute approximate surface area is 126 Å². The van der Waals surface area contributed by atoms with Crippen molar-refractivity contribution in [1.29, 1.82) is 0 Å². The van der Waals surface area contributed by atoms with Gasteiger partial charge in [0.25, 0.3) is 0 Å². The van der Waals surface area contributed by atoms with Crippen LogP contribution in [0.15, 0.2) is 6.20 Å². The number of aromatic nitrogens is 1. The lowest BCUT2D eigenvalue weighted by Gasteiger charge is -2.30. The van der Waals surface area contributed by atoms with Crippen molar-refractivity contribution in [2.45, 2.75) is 51.7 Å². The minimum atomic E-state index is 0.242. The Bertz CT molecular complexity index is 421. The Hall–Kier alpha value is -0.490. The van der Waals surface area contributed by atoms with Gasteiger partial charge in [0.1, 0.15) is 0 Å². The van der Waals surface area contributed by atoms with Crippen LogP contribution in [0.3, 0.4) is 0 Å². The van der Waals surface area contributed by atoms with Gasteiger partial charge in [-0.3, -0.25) is 9.80 Å². The molecule has 1 fully saturated rings. The number of likely N-dealkylation sites (tertiary alicyclic amines) is 1. The number of thiazole rings is 1. The molecule has 1 aliphatic heterocycles. The number of nitrogens with zero attached hydrogens (tertiary/aromatic N) is 3. The van der Waals surface area contributed by atoms with E-state index in [1.165, 1.54) is 16.3 Å². The Morgan fingerprint density at radius 3 is 2.90 bits per heavy atom. The van der Waals surface area contributed by atoms with E-state index in [2.05, 4.69) is 42.6 Å². The molecule has 114 valence electrons. The highest BCUT2D eigenvalue weighted by Gasteiger charge is 2.33. The predicted octanol–water partition coefficient (Wildman–Crippen LogP) is 2.15. The zero-order valence-electron chi connectivity index (χ0n) is 13.0. The van der Waals surface area contributed by atoms with Gasteiger partial charge >= 0.3 is 0 Å². The minimum absolute atomic E-state index is 0.242. The molecule has 0 unspecified atom stereocenters. The minimum Gasteiger partial charge on any atom is -0.395 e. The maximum Gasteiger partial charge on any atom is 0.0953 e. The van der Waals surface area contributed by atoms with Crippen molar-refractivity contribution < 1.29 is 5.11 Å². The third-order valence-electron chi connectivity index (χ3n) is 4.29. The summed E-state index contributed by atoms with van der Waals surface area (Å²) in [7, 11) is 2.12. The normalized spacial score (nSPS) is 24.1. The van der Waals surface area contributed by atoms with Gasteiger partial charge < -0.3 is 5.11 Å². The molecular formula is C15H27N3OS. The molecular weight excluding hydrogens is 270 g/mol. The molecule has 1 aliphatic rings. The summed E-state index contributed by atoms with van der Waals surface area (Å²) < 4.78 is 0. The fraction of sp³-hybridized carbons (Fsp3) is 0.800. The van der Waals surface area contributed by atoms with Gasteiger partial charge in [0.2, 0.25) is 0 Å². The Morgan fingerprint density at radius 1 is 1.55 bits per heavy atom. The summed E-state index contributed by atoms with van der Waals surface area (Å²) in [5.41, 5.74) is 0. The van der Waals surface area contributed by atoms with E-state index in [1.54, 1.807) is 0 Å². The SMILES string of the molecule is CC(C)c1ncc(CN2CC[C@@H](N(C)CCO)[C@H]2C)s1. The predicted molar refractivity (Wildman–Crippen MR) is 84.2 cm³/mol. The highest BCUT2D eigenvalue weighted by atomic mass is 32.1. The number of hydrogen-bond acceptors (Lipinski definition) is 5. The van der Waals surface area contributed by atoms with E-state index in [9.17, 15) is 0 Å². The van der Waals surface area contributed by atoms with Gasteiger partial charge in [-0.25, -0.2) is 4.98 Å². The van der Waals surface area contributed by atoms with Crippen molar-refractivity contribution in [3.63, 3.8) is 0 Å². The second kappa shape index (κ2) is 6.98. The first-order chi connectivity index (χ1) is 9.52. The van der Waals surface area contributed by atoms with Gasteiger partial charge in [0, 0.05) is 48.7 Å². The number of rotatable bonds is 6. The van der Waals surface area contributed by atoms with Crippen LogP contribution >= 0.6 is 11.3 Å². The molecule has 20 heavy (non-hydrogen) atoms. The number of aliphatic hydroxyl groups is 1. The molecule has 4 nitrogen and oxygen atoms in total. The third kappa shape index (κ3) is 3.58. The maximum atomic E-state index is 9.08. The van der Waals surface area contributed by atoms with E-state index < -0.39 is 0 Å². The molecule has 2 heterocycles. The molecule has 0 aromatic carbocycles. The van der Waals surface area contributed by atoms with Gasteiger partial charge in [-0.15, -0.1) is 11.3 Å². The van der Waals surface area contributed by atoms with Crippen molar-refractivity contribution in [2.24, 2.45) is 0 Å². The molecule has 0 saturated carbocycles. The zero-order valence-corrected chi connectivity index (χ0v) is 13.9. The summed E-state index contributed by atoms with van der Waals surface area (Å²) >= 11 is 1.84. The lowest BCUT2D eigenvalue weighted by molar-refractivity contribution is 0.145. The second-order valence-electron chi connectivity index (χ2n) is 6.09. The largest absolute Gasteiger partial charge is 0.395 e. The van der Waals surface area contributed by atoms with Crippen molar-refractivity contribution >= 4 is 11.3 Å². The van der Waals surface area contributed by atoms with Gasteiger partial charge in [-0.05, 0) is 20.4 Å². The fourth-order valence-electron chi connectivity index (χ4n) is 2.98. The maximum absolute atomic E-state index is 9.08. The molecule has 0 bridgehead atoms. The van der Waals surface area contributed by atoms with E-state index in [0.717, 1.165) is 19.6 Å². The van der Waals surface area contributed by atoms with Crippen LogP contribution in [0.25, 0.3) is 0 Å². The van der Waals surface area contributed by atoms with E-state index in [1.807, 2.05) is 17.5 Å². The molecule has 2 atom stereocenters. The van der Waals surface area contributed by atoms with Crippen molar-refractivity contribution in [2.75, 3.05) is 26.7 Å². The zero-order chi connectivity index (χ0) is 14.7. The molecule has 1 aromatic rings. The summed E-state index contributed by atoms with van der Waals surface area (Å²) in [4.78, 5) is 10.7. The van der Waals surface area contributed by atoms with Crippen LogP contribution in [0.4, 0.5) is 0 Å². The van der Waals surface area contributed by atoms with E-state index in [4.69, 9.17) is 5.11 Å². The van der Waals surface area contributed by atoms with Crippen molar-refractivity contribution in [3.8, 4) is 0 Å². The third-order valence-corrected chi connectivity index (χ3v) is 5.57. The van der Waals surface area contributed by atoms with E-state index >= 15 is 0 Å². The van der Waals surface area contributed by atoms with Gasteiger partial charge in [-0.2, -0.15) is 0 Å². The molecule has 0 amide bonds. The van der Waals surface area contributed by atoms with Crippen molar-refractivity contribution in [1.82, 2.24) is 14.8 Å². The van der Waals surface area contributed by atoms with Crippen LogP contribution in [0.2, 0.25) is 0 Å². The molecule has 0 radical (unpaired) electrons. The van der Waals surface area contributed by atoms with Crippen LogP contribution in [0.5, 0.6) is 0 Å². The standard InChI is InChI=1S/C15H27N3OS/c1-11(2)15-16-9-13(20-15)10-18-6-5-14(12(18)3)17(4)7-8-19/h9,11-12,14,19H,5-8,10H2,1-4H3/t12-,14-/m1/s1. The average Bonchev–Trinajstić information content (AvgIpc) is 2.99. The molecule has 5 heteroatoms. The number of hydrogen-bond donors (Lipinski definition) is 1. The summed E-state index contributed by atoms with van der Waals surface area (Å²) in [6, 6.07) is 1.09. The molecule has 0 aliphatic carbocycles. The Balaban J connectivity index is 1.93. The summed E-state index contributed by atoms with van der Waals surface area (Å²) in [5, 5.41) is 10.3. The summed E-state index contributed by atoms with van der Waals surface area (Å²) in [6.07, 6.45) is 3.23. The highest BCUT2D eigenvalue weighted by Crippen LogP contribution is 2.27. The van der Waals surface area contributed by atoms with Crippen LogP contribution < -0.4 is 0 Å². The smallest absolute Gasteiger partial charge is 0.0953 e. The monoisotopic (exact) mass is 297 g/mol. The first-order valence-electron chi connectivity index (χ1n) is 7.52. The highest BCUT2D eigenvalue weighted by molar-refractivity contribution is 7.11. The first kappa shape index (κ1) is 15.9. The van der Waals surface area contributed by atoms with E-state index in [0.29, 0.717) is 18.0 Å². The summed E-state index contributed by atoms with van der Waals surface area (Å²) in [6.45, 7) is 9.84. The number of likely N-dealkylation sites (N-methyl/N-ethyl adjacent to an activating group) is 1. The number of aliphatic hydroxyl groups excluding tert-OH is 1. The molecule has 1 saturated heterocycles. The van der Waals surface area contributed by atoms with Crippen LogP contribution in [-0.4, -0.2) is 58.7 Å². The first-order valence-corrected chi connectivity index (χ1v) is 8.34. The van der Waals surface area contributed by atoms with Crippen LogP contribution in [-0.2, 0) is 6.54 Å². The van der Waals surface area contributed by atoms with Gasteiger partial charge in [-0.1, -0.05) is 13.8 Å².